The molecule has 3 rings (SSSR count). The topological polar surface area (TPSA) is 58.6 Å². The first-order valence-electron chi connectivity index (χ1n) is 7.36. The summed E-state index contributed by atoms with van der Waals surface area (Å²) >= 11 is 0. The van der Waals surface area contributed by atoms with E-state index in [9.17, 15) is 9.90 Å². The molecule has 108 valence electrons. The monoisotopic (exact) mass is 275 g/mol. The van der Waals surface area contributed by atoms with Crippen LogP contribution in [0.3, 0.4) is 0 Å². The Morgan fingerprint density at radius 3 is 2.90 bits per heavy atom. The van der Waals surface area contributed by atoms with E-state index >= 15 is 0 Å². The predicted octanol–water partition coefficient (Wildman–Crippen LogP) is 1.77. The van der Waals surface area contributed by atoms with Crippen molar-refractivity contribution in [3.8, 4) is 0 Å². The second kappa shape index (κ2) is 5.54. The predicted molar refractivity (Wildman–Crippen MR) is 75.8 cm³/mol. The summed E-state index contributed by atoms with van der Waals surface area (Å²) in [6.07, 6.45) is 4.30. The highest BCUT2D eigenvalue weighted by atomic mass is 16.5. The van der Waals surface area contributed by atoms with Crippen LogP contribution in [0.4, 0.5) is 0 Å². The van der Waals surface area contributed by atoms with Crippen molar-refractivity contribution in [1.29, 1.82) is 0 Å². The van der Waals surface area contributed by atoms with Gasteiger partial charge in [0.05, 0.1) is 6.10 Å². The first-order valence-corrected chi connectivity index (χ1v) is 7.36. The number of benzene rings is 1. The third-order valence-corrected chi connectivity index (χ3v) is 4.53. The molecule has 1 fully saturated rings. The van der Waals surface area contributed by atoms with E-state index in [4.69, 9.17) is 4.74 Å². The summed E-state index contributed by atoms with van der Waals surface area (Å²) in [7, 11) is 0. The molecule has 0 bridgehead atoms. The highest BCUT2D eigenvalue weighted by Crippen LogP contribution is 2.29. The zero-order valence-corrected chi connectivity index (χ0v) is 11.6. The third-order valence-electron chi connectivity index (χ3n) is 4.53. The molecule has 2 aliphatic rings. The fourth-order valence-electron chi connectivity index (χ4n) is 3.26. The lowest BCUT2D eigenvalue weighted by molar-refractivity contribution is -0.145. The molecule has 0 amide bonds. The lowest BCUT2D eigenvalue weighted by Crippen LogP contribution is -2.57. The van der Waals surface area contributed by atoms with Crippen molar-refractivity contribution in [2.45, 2.75) is 43.7 Å². The van der Waals surface area contributed by atoms with Crippen molar-refractivity contribution < 1.29 is 14.6 Å². The number of carboxylic acids is 1. The number of aryl methyl sites for hydroxylation is 1. The van der Waals surface area contributed by atoms with Crippen LogP contribution in [0.1, 0.15) is 30.4 Å². The highest BCUT2D eigenvalue weighted by Gasteiger charge is 2.41. The molecule has 4 nitrogen and oxygen atoms in total. The molecule has 1 saturated heterocycles. The van der Waals surface area contributed by atoms with E-state index in [1.165, 1.54) is 5.56 Å². The number of aliphatic carboxylic acids is 1. The van der Waals surface area contributed by atoms with Gasteiger partial charge < -0.3 is 9.84 Å². The summed E-state index contributed by atoms with van der Waals surface area (Å²) in [6.45, 7) is 1.43. The summed E-state index contributed by atoms with van der Waals surface area (Å²) in [4.78, 5) is 11.8. The van der Waals surface area contributed by atoms with E-state index in [0.717, 1.165) is 31.4 Å². The van der Waals surface area contributed by atoms with Crippen molar-refractivity contribution in [2.24, 2.45) is 0 Å². The van der Waals surface area contributed by atoms with Gasteiger partial charge in [0, 0.05) is 19.6 Å². The van der Waals surface area contributed by atoms with Crippen LogP contribution in [0.2, 0.25) is 0 Å². The third kappa shape index (κ3) is 2.58. The molecular weight excluding hydrogens is 254 g/mol. The van der Waals surface area contributed by atoms with Crippen molar-refractivity contribution in [3.63, 3.8) is 0 Å². The molecular formula is C16H21NO3. The van der Waals surface area contributed by atoms with Crippen LogP contribution in [0.25, 0.3) is 0 Å². The molecule has 1 heterocycles. The van der Waals surface area contributed by atoms with Gasteiger partial charge in [-0.25, -0.2) is 0 Å². The van der Waals surface area contributed by atoms with Gasteiger partial charge in [0.1, 0.15) is 5.54 Å². The summed E-state index contributed by atoms with van der Waals surface area (Å²) in [6, 6.07) is 8.14. The number of rotatable bonds is 4. The largest absolute Gasteiger partial charge is 0.480 e. The molecule has 1 aliphatic carbocycles. The Kier molecular flexibility index (Phi) is 3.76. The number of nitrogens with one attached hydrogen (secondary N) is 1. The van der Waals surface area contributed by atoms with Crippen LogP contribution in [0.15, 0.2) is 24.3 Å². The van der Waals surface area contributed by atoms with Crippen molar-refractivity contribution in [3.05, 3.63) is 35.4 Å². The van der Waals surface area contributed by atoms with Gasteiger partial charge in [0.25, 0.3) is 0 Å². The fourth-order valence-corrected chi connectivity index (χ4v) is 3.26. The summed E-state index contributed by atoms with van der Waals surface area (Å²) in [5.74, 6) is -0.745. The lowest BCUT2D eigenvalue weighted by atomic mass is 9.78. The van der Waals surface area contributed by atoms with Gasteiger partial charge in [0.2, 0.25) is 0 Å². The van der Waals surface area contributed by atoms with Crippen LogP contribution in [0.5, 0.6) is 0 Å². The highest BCUT2D eigenvalue weighted by molar-refractivity contribution is 5.80. The molecule has 2 atom stereocenters. The van der Waals surface area contributed by atoms with Crippen LogP contribution in [-0.2, 0) is 22.4 Å². The molecule has 1 aromatic rings. The minimum Gasteiger partial charge on any atom is -0.480 e. The summed E-state index contributed by atoms with van der Waals surface area (Å²) < 4.78 is 5.58. The van der Waals surface area contributed by atoms with E-state index in [2.05, 4.69) is 11.4 Å². The second-order valence-electron chi connectivity index (χ2n) is 5.85. The number of carbonyl (C=O) groups is 1. The SMILES string of the molecule is O=C(O)C1(NCC2CCCO2)CCc2ccccc2C1. The van der Waals surface area contributed by atoms with Gasteiger partial charge >= 0.3 is 5.97 Å². The molecule has 0 aromatic heterocycles. The van der Waals surface area contributed by atoms with Gasteiger partial charge in [-0.05, 0) is 36.8 Å². The quantitative estimate of drug-likeness (QED) is 0.879. The van der Waals surface area contributed by atoms with Gasteiger partial charge in [-0.15, -0.1) is 0 Å². The Hall–Kier alpha value is -1.39. The fraction of sp³-hybridized carbons (Fsp3) is 0.562. The molecule has 1 aliphatic heterocycles. The van der Waals surface area contributed by atoms with Crippen LogP contribution >= 0.6 is 0 Å². The van der Waals surface area contributed by atoms with Crippen molar-refractivity contribution >= 4 is 5.97 Å². The average molecular weight is 275 g/mol. The Morgan fingerprint density at radius 2 is 2.20 bits per heavy atom. The average Bonchev–Trinajstić information content (AvgIpc) is 2.98. The zero-order chi connectivity index (χ0) is 14.0. The Balaban J connectivity index is 1.74. The van der Waals surface area contributed by atoms with Gasteiger partial charge in [0.15, 0.2) is 0 Å². The Labute approximate surface area is 119 Å². The van der Waals surface area contributed by atoms with E-state index in [-0.39, 0.29) is 6.10 Å². The molecule has 20 heavy (non-hydrogen) atoms. The maximum Gasteiger partial charge on any atom is 0.324 e. The van der Waals surface area contributed by atoms with Gasteiger partial charge in [-0.2, -0.15) is 0 Å². The first kappa shape index (κ1) is 13.6. The second-order valence-corrected chi connectivity index (χ2v) is 5.85. The molecule has 2 unspecified atom stereocenters. The van der Waals surface area contributed by atoms with Crippen molar-refractivity contribution in [1.82, 2.24) is 5.32 Å². The minimum absolute atomic E-state index is 0.170. The Morgan fingerprint density at radius 1 is 1.40 bits per heavy atom. The number of carboxylic acid groups (broad SMARTS) is 1. The number of hydrogen-bond donors (Lipinski definition) is 2. The van der Waals surface area contributed by atoms with E-state index in [1.807, 2.05) is 18.2 Å². The van der Waals surface area contributed by atoms with Crippen LogP contribution in [0, 0.1) is 0 Å². The normalized spacial score (nSPS) is 29.1. The van der Waals surface area contributed by atoms with E-state index < -0.39 is 11.5 Å². The number of hydrogen-bond acceptors (Lipinski definition) is 3. The summed E-state index contributed by atoms with van der Waals surface area (Å²) in [5.41, 5.74) is 1.60. The Bertz CT molecular complexity index is 496. The van der Waals surface area contributed by atoms with E-state index in [1.54, 1.807) is 0 Å². The number of ether oxygens (including phenoxy) is 1. The summed E-state index contributed by atoms with van der Waals surface area (Å²) in [5, 5.41) is 13.0. The first-order chi connectivity index (χ1) is 9.70. The van der Waals surface area contributed by atoms with Crippen LogP contribution in [-0.4, -0.2) is 35.9 Å². The molecule has 1 aromatic carbocycles. The molecule has 0 radical (unpaired) electrons. The standard InChI is InChI=1S/C16H21NO3/c18-15(19)16(17-11-14-6-3-9-20-14)8-7-12-4-1-2-5-13(12)10-16/h1-2,4-5,14,17H,3,6-11H2,(H,18,19). The molecule has 4 heteroatoms. The lowest BCUT2D eigenvalue weighted by Gasteiger charge is -2.36. The molecule has 0 saturated carbocycles. The molecule has 2 N–H and O–H groups in total. The van der Waals surface area contributed by atoms with Crippen molar-refractivity contribution in [2.75, 3.05) is 13.2 Å². The number of fused-ring (bicyclic) bond motifs is 1. The zero-order valence-electron chi connectivity index (χ0n) is 11.6. The van der Waals surface area contributed by atoms with Gasteiger partial charge in [-0.1, -0.05) is 24.3 Å². The van der Waals surface area contributed by atoms with Gasteiger partial charge in [-0.3, -0.25) is 10.1 Å². The van der Waals surface area contributed by atoms with Crippen LogP contribution < -0.4 is 5.32 Å². The van der Waals surface area contributed by atoms with E-state index in [0.29, 0.717) is 19.4 Å². The maximum atomic E-state index is 11.8. The minimum atomic E-state index is -0.833. The smallest absolute Gasteiger partial charge is 0.324 e. The maximum absolute atomic E-state index is 11.8. The molecule has 0 spiro atoms.